The first kappa shape index (κ1) is 18.4. The quantitative estimate of drug-likeness (QED) is 0.757. The Kier molecular flexibility index (Phi) is 5.87. The van der Waals surface area contributed by atoms with Gasteiger partial charge in [-0.25, -0.2) is 14.8 Å². The van der Waals surface area contributed by atoms with Crippen LogP contribution in [0.5, 0.6) is 0 Å². The lowest BCUT2D eigenvalue weighted by molar-refractivity contribution is 0.0663. The van der Waals surface area contributed by atoms with Crippen molar-refractivity contribution in [2.24, 2.45) is 0 Å². The summed E-state index contributed by atoms with van der Waals surface area (Å²) in [7, 11) is 2.06. The van der Waals surface area contributed by atoms with Gasteiger partial charge in [0, 0.05) is 64.8 Å². The fourth-order valence-corrected chi connectivity index (χ4v) is 3.09. The summed E-state index contributed by atoms with van der Waals surface area (Å²) in [6, 6.07) is 0. The molecular weight excluding hydrogens is 336 g/mol. The van der Waals surface area contributed by atoms with Gasteiger partial charge in [-0.3, -0.25) is 4.79 Å². The molecule has 3 rings (SSSR count). The van der Waals surface area contributed by atoms with E-state index in [1.807, 2.05) is 9.80 Å². The van der Waals surface area contributed by atoms with E-state index in [1.165, 1.54) is 0 Å². The van der Waals surface area contributed by atoms with E-state index in [-0.39, 0.29) is 12.0 Å². The maximum atomic E-state index is 12.5. The maximum Gasteiger partial charge on any atom is 0.409 e. The van der Waals surface area contributed by atoms with Crippen LogP contribution in [-0.4, -0.2) is 103 Å². The average molecular weight is 362 g/mol. The SMILES string of the molecule is CCOC(=O)N1CCN(c2ncc(C(=O)N3CCN(C)CC3)cn2)CC1. The molecule has 142 valence electrons. The van der Waals surface area contributed by atoms with Crippen LogP contribution in [0.15, 0.2) is 12.4 Å². The number of carbonyl (C=O) groups is 2. The summed E-state index contributed by atoms with van der Waals surface area (Å²) < 4.78 is 5.02. The van der Waals surface area contributed by atoms with Gasteiger partial charge in [0.15, 0.2) is 0 Å². The highest BCUT2D eigenvalue weighted by molar-refractivity contribution is 5.93. The molecule has 0 radical (unpaired) electrons. The molecule has 0 bridgehead atoms. The second kappa shape index (κ2) is 8.31. The Morgan fingerprint density at radius 3 is 2.12 bits per heavy atom. The van der Waals surface area contributed by atoms with E-state index in [9.17, 15) is 9.59 Å². The number of piperazine rings is 2. The average Bonchev–Trinajstić information content (AvgIpc) is 2.68. The summed E-state index contributed by atoms with van der Waals surface area (Å²) in [5, 5.41) is 0. The van der Waals surface area contributed by atoms with Crippen LogP contribution in [-0.2, 0) is 4.74 Å². The van der Waals surface area contributed by atoms with Crippen LogP contribution in [0.1, 0.15) is 17.3 Å². The van der Waals surface area contributed by atoms with Gasteiger partial charge in [0.2, 0.25) is 5.95 Å². The third-order valence-corrected chi connectivity index (χ3v) is 4.76. The van der Waals surface area contributed by atoms with Crippen molar-refractivity contribution in [1.82, 2.24) is 24.7 Å². The standard InChI is InChI=1S/C17H26N6O3/c1-3-26-17(25)23-10-8-22(9-11-23)16-18-12-14(13-19-16)15(24)21-6-4-20(2)5-7-21/h12-13H,3-11H2,1-2H3. The molecule has 2 amide bonds. The monoisotopic (exact) mass is 362 g/mol. The lowest BCUT2D eigenvalue weighted by Gasteiger charge is -2.34. The fraction of sp³-hybridized carbons (Fsp3) is 0.647. The van der Waals surface area contributed by atoms with E-state index in [0.717, 1.165) is 26.2 Å². The summed E-state index contributed by atoms with van der Waals surface area (Å²) in [4.78, 5) is 40.7. The third-order valence-electron chi connectivity index (χ3n) is 4.76. The Morgan fingerprint density at radius 2 is 1.54 bits per heavy atom. The van der Waals surface area contributed by atoms with Gasteiger partial charge in [0.05, 0.1) is 12.2 Å². The first-order valence-electron chi connectivity index (χ1n) is 9.05. The molecule has 1 aromatic rings. The molecule has 0 N–H and O–H groups in total. The summed E-state index contributed by atoms with van der Waals surface area (Å²) in [5.74, 6) is 0.570. The van der Waals surface area contributed by atoms with Crippen LogP contribution in [0.4, 0.5) is 10.7 Å². The number of anilines is 1. The zero-order valence-electron chi connectivity index (χ0n) is 15.4. The van der Waals surface area contributed by atoms with Crippen molar-refractivity contribution in [2.45, 2.75) is 6.92 Å². The Bertz CT molecular complexity index is 622. The molecule has 9 nitrogen and oxygen atoms in total. The smallest absolute Gasteiger partial charge is 0.409 e. The Balaban J connectivity index is 1.55. The molecule has 0 unspecified atom stereocenters. The number of likely N-dealkylation sites (N-methyl/N-ethyl adjacent to an activating group) is 1. The van der Waals surface area contributed by atoms with Crippen molar-refractivity contribution < 1.29 is 14.3 Å². The second-order valence-corrected chi connectivity index (χ2v) is 6.54. The van der Waals surface area contributed by atoms with Crippen LogP contribution >= 0.6 is 0 Å². The molecule has 1 aromatic heterocycles. The summed E-state index contributed by atoms with van der Waals surface area (Å²) in [5.41, 5.74) is 0.517. The largest absolute Gasteiger partial charge is 0.450 e. The second-order valence-electron chi connectivity index (χ2n) is 6.54. The van der Waals surface area contributed by atoms with Gasteiger partial charge >= 0.3 is 6.09 Å². The van der Waals surface area contributed by atoms with Crippen LogP contribution in [0, 0.1) is 0 Å². The molecule has 2 aliphatic rings. The van der Waals surface area contributed by atoms with E-state index in [0.29, 0.717) is 44.3 Å². The Labute approximate surface area is 153 Å². The van der Waals surface area contributed by atoms with Crippen molar-refractivity contribution in [3.63, 3.8) is 0 Å². The highest BCUT2D eigenvalue weighted by Gasteiger charge is 2.24. The minimum absolute atomic E-state index is 0.0169. The number of nitrogens with zero attached hydrogens (tertiary/aromatic N) is 6. The maximum absolute atomic E-state index is 12.5. The zero-order chi connectivity index (χ0) is 18.5. The summed E-state index contributed by atoms with van der Waals surface area (Å²) in [6.07, 6.45) is 2.92. The van der Waals surface area contributed by atoms with Crippen LogP contribution in [0.25, 0.3) is 0 Å². The Hall–Kier alpha value is -2.42. The van der Waals surface area contributed by atoms with Crippen molar-refractivity contribution in [1.29, 1.82) is 0 Å². The molecule has 9 heteroatoms. The molecule has 2 saturated heterocycles. The predicted octanol–water partition coefficient (Wildman–Crippen LogP) is 0.143. The number of hydrogen-bond acceptors (Lipinski definition) is 7. The van der Waals surface area contributed by atoms with E-state index >= 15 is 0 Å². The highest BCUT2D eigenvalue weighted by atomic mass is 16.6. The number of ether oxygens (including phenoxy) is 1. The number of carbonyl (C=O) groups excluding carboxylic acids is 2. The van der Waals surface area contributed by atoms with Gasteiger partial charge in [0.25, 0.3) is 5.91 Å². The fourth-order valence-electron chi connectivity index (χ4n) is 3.09. The molecule has 0 atom stereocenters. The minimum Gasteiger partial charge on any atom is -0.450 e. The van der Waals surface area contributed by atoms with Crippen molar-refractivity contribution in [3.8, 4) is 0 Å². The first-order valence-corrected chi connectivity index (χ1v) is 9.05. The number of amides is 2. The van der Waals surface area contributed by atoms with Crippen molar-refractivity contribution in [2.75, 3.05) is 70.9 Å². The van der Waals surface area contributed by atoms with Crippen LogP contribution in [0.3, 0.4) is 0 Å². The number of aromatic nitrogens is 2. The van der Waals surface area contributed by atoms with E-state index in [4.69, 9.17) is 4.74 Å². The summed E-state index contributed by atoms with van der Waals surface area (Å²) >= 11 is 0. The molecule has 0 aromatic carbocycles. The van der Waals surface area contributed by atoms with E-state index in [2.05, 4.69) is 21.9 Å². The van der Waals surface area contributed by atoms with Crippen molar-refractivity contribution >= 4 is 17.9 Å². The van der Waals surface area contributed by atoms with Gasteiger partial charge < -0.3 is 24.3 Å². The van der Waals surface area contributed by atoms with Crippen LogP contribution < -0.4 is 4.90 Å². The van der Waals surface area contributed by atoms with Gasteiger partial charge in [-0.05, 0) is 14.0 Å². The lowest BCUT2D eigenvalue weighted by atomic mass is 10.2. The molecule has 0 saturated carbocycles. The van der Waals surface area contributed by atoms with Gasteiger partial charge in [-0.2, -0.15) is 0 Å². The molecule has 0 aliphatic carbocycles. The van der Waals surface area contributed by atoms with Gasteiger partial charge in [0.1, 0.15) is 0 Å². The predicted molar refractivity (Wildman–Crippen MR) is 96.2 cm³/mol. The van der Waals surface area contributed by atoms with E-state index < -0.39 is 0 Å². The number of rotatable bonds is 3. The van der Waals surface area contributed by atoms with Gasteiger partial charge in [-0.1, -0.05) is 0 Å². The molecule has 0 spiro atoms. The number of hydrogen-bond donors (Lipinski definition) is 0. The van der Waals surface area contributed by atoms with Gasteiger partial charge in [-0.15, -0.1) is 0 Å². The third kappa shape index (κ3) is 4.21. The minimum atomic E-state index is -0.277. The van der Waals surface area contributed by atoms with Crippen molar-refractivity contribution in [3.05, 3.63) is 18.0 Å². The Morgan fingerprint density at radius 1 is 0.962 bits per heavy atom. The molecule has 2 aliphatic heterocycles. The first-order chi connectivity index (χ1) is 12.6. The lowest BCUT2D eigenvalue weighted by Crippen LogP contribution is -2.49. The molecule has 3 heterocycles. The zero-order valence-corrected chi connectivity index (χ0v) is 15.4. The normalized spacial score (nSPS) is 18.8. The van der Waals surface area contributed by atoms with Crippen LogP contribution in [0.2, 0.25) is 0 Å². The molecular formula is C17H26N6O3. The molecule has 2 fully saturated rings. The van der Waals surface area contributed by atoms with E-state index in [1.54, 1.807) is 24.2 Å². The summed E-state index contributed by atoms with van der Waals surface area (Å²) in [6.45, 7) is 7.84. The molecule has 26 heavy (non-hydrogen) atoms. The highest BCUT2D eigenvalue weighted by Crippen LogP contribution is 2.13. The topological polar surface area (TPSA) is 82.1 Å².